The number of benzene rings is 3. The smallest absolute Gasteiger partial charge is 0.258 e. The van der Waals surface area contributed by atoms with E-state index in [4.69, 9.17) is 9.47 Å². The number of methoxy groups -OCH3 is 2. The molecule has 0 saturated carbocycles. The zero-order chi connectivity index (χ0) is 24.1. The second-order valence-corrected chi connectivity index (χ2v) is 8.11. The summed E-state index contributed by atoms with van der Waals surface area (Å²) in [5.74, 6) is 0.971. The standard InChI is InChI=1S/C28H31N3O3/c1-5-31(6-2)18-19-12-14-21(15-13-19)29-27(20-10-8-7-9-11-20)26-22-16-24(33-3)25(34-4)17-23(22)30-28(26)32/h7-17,29H,5-6,18H2,1-4H3,(H,30,32). The van der Waals surface area contributed by atoms with E-state index in [1.807, 2.05) is 36.4 Å². The first-order valence-electron chi connectivity index (χ1n) is 11.5. The van der Waals surface area contributed by atoms with E-state index in [9.17, 15) is 4.79 Å². The summed E-state index contributed by atoms with van der Waals surface area (Å²) in [6, 6.07) is 21.9. The Hall–Kier alpha value is -3.77. The van der Waals surface area contributed by atoms with Crippen molar-refractivity contribution in [1.82, 2.24) is 4.90 Å². The number of hydrogen-bond donors (Lipinski definition) is 2. The second-order valence-electron chi connectivity index (χ2n) is 8.11. The van der Waals surface area contributed by atoms with Gasteiger partial charge in [0.2, 0.25) is 0 Å². The SMILES string of the molecule is CCN(CC)Cc1ccc(NC(=C2C(=O)Nc3cc(OC)c(OC)cc32)c2ccccc2)cc1. The van der Waals surface area contributed by atoms with E-state index in [0.717, 1.165) is 42.1 Å². The Kier molecular flexibility index (Phi) is 7.18. The van der Waals surface area contributed by atoms with Crippen LogP contribution in [-0.2, 0) is 11.3 Å². The average Bonchev–Trinajstić information content (AvgIpc) is 3.20. The number of carbonyl (C=O) groups excluding carboxylic acids is 1. The number of hydrogen-bond acceptors (Lipinski definition) is 5. The summed E-state index contributed by atoms with van der Waals surface area (Å²) in [5, 5.41) is 6.49. The first-order valence-corrected chi connectivity index (χ1v) is 11.5. The molecule has 0 unspecified atom stereocenters. The highest BCUT2D eigenvalue weighted by Gasteiger charge is 2.30. The van der Waals surface area contributed by atoms with Crippen molar-refractivity contribution in [2.45, 2.75) is 20.4 Å². The minimum Gasteiger partial charge on any atom is -0.493 e. The Bertz CT molecular complexity index is 1180. The Morgan fingerprint density at radius 3 is 2.18 bits per heavy atom. The maximum atomic E-state index is 13.2. The third kappa shape index (κ3) is 4.77. The minimum absolute atomic E-state index is 0.171. The zero-order valence-corrected chi connectivity index (χ0v) is 20.1. The van der Waals surface area contributed by atoms with Crippen LogP contribution in [0, 0.1) is 0 Å². The molecule has 34 heavy (non-hydrogen) atoms. The molecule has 0 atom stereocenters. The van der Waals surface area contributed by atoms with Gasteiger partial charge in [-0.2, -0.15) is 0 Å². The first-order chi connectivity index (χ1) is 16.6. The molecule has 6 nitrogen and oxygen atoms in total. The van der Waals surface area contributed by atoms with Gasteiger partial charge in [-0.15, -0.1) is 0 Å². The fraction of sp³-hybridized carbons (Fsp3) is 0.250. The predicted molar refractivity (Wildman–Crippen MR) is 138 cm³/mol. The minimum atomic E-state index is -0.171. The highest BCUT2D eigenvalue weighted by Crippen LogP contribution is 2.43. The van der Waals surface area contributed by atoms with Crippen molar-refractivity contribution in [3.63, 3.8) is 0 Å². The molecule has 0 saturated heterocycles. The molecule has 3 aromatic rings. The van der Waals surface area contributed by atoms with Gasteiger partial charge in [-0.3, -0.25) is 9.69 Å². The Morgan fingerprint density at radius 2 is 1.56 bits per heavy atom. The average molecular weight is 458 g/mol. The van der Waals surface area contributed by atoms with Crippen molar-refractivity contribution in [2.75, 3.05) is 37.9 Å². The van der Waals surface area contributed by atoms with Crippen molar-refractivity contribution in [3.8, 4) is 11.5 Å². The number of ether oxygens (including phenoxy) is 2. The summed E-state index contributed by atoms with van der Waals surface area (Å²) in [6.07, 6.45) is 0. The molecule has 0 bridgehead atoms. The second kappa shape index (κ2) is 10.4. The molecule has 3 aromatic carbocycles. The highest BCUT2D eigenvalue weighted by atomic mass is 16.5. The van der Waals surface area contributed by atoms with Gasteiger partial charge >= 0.3 is 0 Å². The molecule has 1 aliphatic heterocycles. The van der Waals surface area contributed by atoms with E-state index in [0.29, 0.717) is 22.8 Å². The molecule has 0 aliphatic carbocycles. The molecule has 0 spiro atoms. The van der Waals surface area contributed by atoms with Crippen LogP contribution >= 0.6 is 0 Å². The van der Waals surface area contributed by atoms with E-state index in [1.165, 1.54) is 5.56 Å². The van der Waals surface area contributed by atoms with E-state index in [-0.39, 0.29) is 5.91 Å². The Balaban J connectivity index is 1.76. The first kappa shape index (κ1) is 23.4. The number of nitrogens with zero attached hydrogens (tertiary/aromatic N) is 1. The quantitative estimate of drug-likeness (QED) is 0.417. The molecule has 176 valence electrons. The van der Waals surface area contributed by atoms with Crippen LogP contribution in [0.4, 0.5) is 11.4 Å². The molecule has 2 N–H and O–H groups in total. The predicted octanol–water partition coefficient (Wildman–Crippen LogP) is 5.48. The lowest BCUT2D eigenvalue weighted by atomic mass is 9.99. The molecular weight excluding hydrogens is 426 g/mol. The largest absolute Gasteiger partial charge is 0.493 e. The molecule has 4 rings (SSSR count). The van der Waals surface area contributed by atoms with Crippen LogP contribution in [0.3, 0.4) is 0 Å². The highest BCUT2D eigenvalue weighted by molar-refractivity contribution is 6.37. The van der Waals surface area contributed by atoms with Crippen molar-refractivity contribution >= 4 is 28.6 Å². The maximum Gasteiger partial charge on any atom is 0.258 e. The lowest BCUT2D eigenvalue weighted by Crippen LogP contribution is -2.22. The fourth-order valence-electron chi connectivity index (χ4n) is 4.17. The van der Waals surface area contributed by atoms with Crippen LogP contribution in [0.2, 0.25) is 0 Å². The molecule has 6 heteroatoms. The van der Waals surface area contributed by atoms with E-state index >= 15 is 0 Å². The lowest BCUT2D eigenvalue weighted by molar-refractivity contribution is -0.110. The Labute approximate surface area is 201 Å². The number of anilines is 2. The molecule has 1 amide bonds. The molecule has 1 heterocycles. The molecule has 1 aliphatic rings. The van der Waals surface area contributed by atoms with Crippen LogP contribution < -0.4 is 20.1 Å². The number of carbonyl (C=O) groups is 1. The lowest BCUT2D eigenvalue weighted by Gasteiger charge is -2.19. The van der Waals surface area contributed by atoms with Crippen molar-refractivity contribution in [3.05, 3.63) is 83.4 Å². The number of rotatable bonds is 9. The van der Waals surface area contributed by atoms with Gasteiger partial charge in [0.1, 0.15) is 0 Å². The van der Waals surface area contributed by atoms with Gasteiger partial charge in [-0.05, 0) is 42.4 Å². The number of nitrogens with one attached hydrogen (secondary N) is 2. The summed E-state index contributed by atoms with van der Waals surface area (Å²) >= 11 is 0. The van der Waals surface area contributed by atoms with Gasteiger partial charge in [-0.1, -0.05) is 56.3 Å². The summed E-state index contributed by atoms with van der Waals surface area (Å²) in [6.45, 7) is 7.30. The topological polar surface area (TPSA) is 62.8 Å². The van der Waals surface area contributed by atoms with Crippen LogP contribution in [0.15, 0.2) is 66.7 Å². The fourth-order valence-corrected chi connectivity index (χ4v) is 4.17. The van der Waals surface area contributed by atoms with Crippen molar-refractivity contribution < 1.29 is 14.3 Å². The van der Waals surface area contributed by atoms with Crippen LogP contribution in [-0.4, -0.2) is 38.1 Å². The Morgan fingerprint density at radius 1 is 0.912 bits per heavy atom. The van der Waals surface area contributed by atoms with Crippen LogP contribution in [0.1, 0.15) is 30.5 Å². The molecule has 0 aromatic heterocycles. The third-order valence-electron chi connectivity index (χ3n) is 6.10. The molecule has 0 radical (unpaired) electrons. The molecular formula is C28H31N3O3. The van der Waals surface area contributed by atoms with Crippen molar-refractivity contribution in [1.29, 1.82) is 0 Å². The van der Waals surface area contributed by atoms with E-state index in [2.05, 4.69) is 53.6 Å². The summed E-state index contributed by atoms with van der Waals surface area (Å²) < 4.78 is 10.9. The zero-order valence-electron chi connectivity index (χ0n) is 20.1. The van der Waals surface area contributed by atoms with Gasteiger partial charge in [-0.25, -0.2) is 0 Å². The van der Waals surface area contributed by atoms with Gasteiger partial charge in [0.05, 0.1) is 31.2 Å². The van der Waals surface area contributed by atoms with Crippen LogP contribution in [0.5, 0.6) is 11.5 Å². The molecule has 0 fully saturated rings. The normalized spacial score (nSPS) is 14.0. The van der Waals surface area contributed by atoms with E-state index in [1.54, 1.807) is 20.3 Å². The van der Waals surface area contributed by atoms with Crippen LogP contribution in [0.25, 0.3) is 11.3 Å². The summed E-state index contributed by atoms with van der Waals surface area (Å²) in [7, 11) is 3.17. The van der Waals surface area contributed by atoms with Gasteiger partial charge in [0.15, 0.2) is 11.5 Å². The number of amides is 1. The summed E-state index contributed by atoms with van der Waals surface area (Å²) in [5.41, 5.74) is 5.85. The van der Waals surface area contributed by atoms with Gasteiger partial charge in [0.25, 0.3) is 5.91 Å². The monoisotopic (exact) mass is 457 g/mol. The third-order valence-corrected chi connectivity index (χ3v) is 6.10. The number of fused-ring (bicyclic) bond motifs is 1. The van der Waals surface area contributed by atoms with E-state index < -0.39 is 0 Å². The van der Waals surface area contributed by atoms with Gasteiger partial charge in [0, 0.05) is 23.9 Å². The maximum absolute atomic E-state index is 13.2. The van der Waals surface area contributed by atoms with Gasteiger partial charge < -0.3 is 20.1 Å². The van der Waals surface area contributed by atoms with Crippen molar-refractivity contribution in [2.24, 2.45) is 0 Å². The summed E-state index contributed by atoms with van der Waals surface area (Å²) in [4.78, 5) is 15.6.